The van der Waals surface area contributed by atoms with Gasteiger partial charge in [0.25, 0.3) is 0 Å². The van der Waals surface area contributed by atoms with Crippen molar-refractivity contribution >= 4 is 0 Å². The Hall–Kier alpha value is -1.68. The summed E-state index contributed by atoms with van der Waals surface area (Å²) in [5, 5.41) is 7.58. The summed E-state index contributed by atoms with van der Waals surface area (Å²) in [6.07, 6.45) is 1.12. The van der Waals surface area contributed by atoms with E-state index in [0.29, 0.717) is 17.8 Å². The van der Waals surface area contributed by atoms with Gasteiger partial charge in [0, 0.05) is 11.6 Å². The molecule has 108 valence electrons. The molecule has 0 saturated heterocycles. The summed E-state index contributed by atoms with van der Waals surface area (Å²) in [4.78, 5) is 4.55. The van der Waals surface area contributed by atoms with Crippen LogP contribution in [-0.2, 0) is 0 Å². The molecular weight excluding hydrogens is 250 g/mol. The monoisotopic (exact) mass is 273 g/mol. The van der Waals surface area contributed by atoms with Crippen LogP contribution in [0.4, 0.5) is 0 Å². The first-order chi connectivity index (χ1) is 9.63. The van der Waals surface area contributed by atoms with Crippen LogP contribution in [0.1, 0.15) is 44.6 Å². The molecule has 2 atom stereocenters. The Labute approximate surface area is 120 Å². The average molecular weight is 273 g/mol. The van der Waals surface area contributed by atoms with Crippen molar-refractivity contribution in [3.63, 3.8) is 0 Å². The molecule has 0 spiro atoms. The zero-order valence-corrected chi connectivity index (χ0v) is 12.7. The molecular formula is C16H23N3O. The van der Waals surface area contributed by atoms with Gasteiger partial charge in [-0.3, -0.25) is 0 Å². The second kappa shape index (κ2) is 6.66. The second-order valence-corrected chi connectivity index (χ2v) is 5.30. The van der Waals surface area contributed by atoms with E-state index in [4.69, 9.17) is 4.52 Å². The number of hydrogen-bond acceptors (Lipinski definition) is 4. The molecule has 1 N–H and O–H groups in total. The van der Waals surface area contributed by atoms with Gasteiger partial charge in [-0.1, -0.05) is 43.3 Å². The molecule has 20 heavy (non-hydrogen) atoms. The molecule has 1 aromatic heterocycles. The highest BCUT2D eigenvalue weighted by Gasteiger charge is 2.21. The van der Waals surface area contributed by atoms with E-state index >= 15 is 0 Å². The molecule has 0 aliphatic carbocycles. The maximum Gasteiger partial charge on any atom is 0.231 e. The quantitative estimate of drug-likeness (QED) is 0.874. The molecule has 0 radical (unpaired) electrons. The van der Waals surface area contributed by atoms with Crippen molar-refractivity contribution in [2.75, 3.05) is 6.54 Å². The highest BCUT2D eigenvalue weighted by atomic mass is 16.5. The van der Waals surface area contributed by atoms with E-state index in [-0.39, 0.29) is 5.92 Å². The minimum absolute atomic E-state index is 0.201. The summed E-state index contributed by atoms with van der Waals surface area (Å²) in [5.41, 5.74) is 2.19. The van der Waals surface area contributed by atoms with Crippen molar-refractivity contribution in [3.8, 4) is 11.4 Å². The molecule has 2 rings (SSSR count). The summed E-state index contributed by atoms with van der Waals surface area (Å²) >= 11 is 0. The van der Waals surface area contributed by atoms with Gasteiger partial charge < -0.3 is 9.84 Å². The van der Waals surface area contributed by atoms with Crippen LogP contribution in [0.15, 0.2) is 28.8 Å². The molecule has 0 aliphatic rings. The minimum Gasteiger partial charge on any atom is -0.339 e. The van der Waals surface area contributed by atoms with Crippen LogP contribution in [0.3, 0.4) is 0 Å². The van der Waals surface area contributed by atoms with Gasteiger partial charge in [0.2, 0.25) is 11.7 Å². The number of nitrogens with one attached hydrogen (secondary N) is 1. The van der Waals surface area contributed by atoms with Crippen LogP contribution < -0.4 is 5.32 Å². The van der Waals surface area contributed by atoms with E-state index in [0.717, 1.165) is 24.1 Å². The third-order valence-electron chi connectivity index (χ3n) is 3.68. The third-order valence-corrected chi connectivity index (χ3v) is 3.68. The van der Waals surface area contributed by atoms with E-state index in [1.54, 1.807) is 0 Å². The zero-order valence-electron chi connectivity index (χ0n) is 12.7. The number of aryl methyl sites for hydroxylation is 1. The van der Waals surface area contributed by atoms with Crippen LogP contribution in [0.2, 0.25) is 0 Å². The van der Waals surface area contributed by atoms with Gasteiger partial charge in [-0.25, -0.2) is 0 Å². The molecule has 0 bridgehead atoms. The van der Waals surface area contributed by atoms with E-state index in [2.05, 4.69) is 49.2 Å². The number of rotatable bonds is 6. The van der Waals surface area contributed by atoms with Crippen molar-refractivity contribution in [2.24, 2.45) is 0 Å². The van der Waals surface area contributed by atoms with E-state index in [1.165, 1.54) is 0 Å². The standard InChI is InChI=1S/C16H23N3O/c1-5-10-17-13(4)12(3)16-18-15(19-20-16)14-9-7-6-8-11(14)2/h6-9,12-13,17H,5,10H2,1-4H3. The highest BCUT2D eigenvalue weighted by Crippen LogP contribution is 2.23. The molecule has 4 heteroatoms. The van der Waals surface area contributed by atoms with Crippen LogP contribution in [0.5, 0.6) is 0 Å². The van der Waals surface area contributed by atoms with Crippen LogP contribution >= 0.6 is 0 Å². The summed E-state index contributed by atoms with van der Waals surface area (Å²) in [7, 11) is 0. The number of benzene rings is 1. The Balaban J connectivity index is 2.15. The molecule has 2 unspecified atom stereocenters. The maximum atomic E-state index is 5.44. The fraction of sp³-hybridized carbons (Fsp3) is 0.500. The first kappa shape index (κ1) is 14.7. The Morgan fingerprint density at radius 2 is 2.00 bits per heavy atom. The lowest BCUT2D eigenvalue weighted by molar-refractivity contribution is 0.331. The van der Waals surface area contributed by atoms with Crippen LogP contribution in [-0.4, -0.2) is 22.7 Å². The molecule has 1 heterocycles. The topological polar surface area (TPSA) is 51.0 Å². The Morgan fingerprint density at radius 1 is 1.25 bits per heavy atom. The predicted molar refractivity (Wildman–Crippen MR) is 80.6 cm³/mol. The van der Waals surface area contributed by atoms with Crippen molar-refractivity contribution in [2.45, 2.75) is 46.1 Å². The van der Waals surface area contributed by atoms with Gasteiger partial charge in [-0.15, -0.1) is 0 Å². The van der Waals surface area contributed by atoms with Gasteiger partial charge in [0.05, 0.1) is 5.92 Å². The fourth-order valence-corrected chi connectivity index (χ4v) is 2.12. The lowest BCUT2D eigenvalue weighted by Crippen LogP contribution is -2.31. The van der Waals surface area contributed by atoms with Gasteiger partial charge in [-0.2, -0.15) is 4.98 Å². The molecule has 0 saturated carbocycles. The Morgan fingerprint density at radius 3 is 2.70 bits per heavy atom. The summed E-state index contributed by atoms with van der Waals surface area (Å²) in [5.74, 6) is 1.57. The molecule has 4 nitrogen and oxygen atoms in total. The lowest BCUT2D eigenvalue weighted by Gasteiger charge is -2.17. The van der Waals surface area contributed by atoms with Crippen molar-refractivity contribution in [1.29, 1.82) is 0 Å². The second-order valence-electron chi connectivity index (χ2n) is 5.30. The average Bonchev–Trinajstić information content (AvgIpc) is 2.94. The third kappa shape index (κ3) is 3.25. The first-order valence-corrected chi connectivity index (χ1v) is 7.26. The molecule has 0 aliphatic heterocycles. The maximum absolute atomic E-state index is 5.44. The highest BCUT2D eigenvalue weighted by molar-refractivity contribution is 5.58. The minimum atomic E-state index is 0.201. The zero-order chi connectivity index (χ0) is 14.5. The normalized spacial score (nSPS) is 14.2. The lowest BCUT2D eigenvalue weighted by atomic mass is 10.0. The molecule has 2 aromatic rings. The van der Waals surface area contributed by atoms with E-state index < -0.39 is 0 Å². The predicted octanol–water partition coefficient (Wildman–Crippen LogP) is 3.54. The summed E-state index contributed by atoms with van der Waals surface area (Å²) in [6, 6.07) is 8.40. The van der Waals surface area contributed by atoms with Crippen LogP contribution in [0, 0.1) is 6.92 Å². The van der Waals surface area contributed by atoms with E-state index in [1.807, 2.05) is 18.2 Å². The van der Waals surface area contributed by atoms with E-state index in [9.17, 15) is 0 Å². The van der Waals surface area contributed by atoms with Gasteiger partial charge in [0.15, 0.2) is 0 Å². The Kier molecular flexibility index (Phi) is 4.90. The summed E-state index contributed by atoms with van der Waals surface area (Å²) < 4.78 is 5.44. The van der Waals surface area contributed by atoms with Gasteiger partial charge in [0.1, 0.15) is 0 Å². The SMILES string of the molecule is CCCNC(C)C(C)c1nc(-c2ccccc2C)no1. The van der Waals surface area contributed by atoms with Gasteiger partial charge in [-0.05, 0) is 32.4 Å². The molecule has 1 aromatic carbocycles. The largest absolute Gasteiger partial charge is 0.339 e. The first-order valence-electron chi connectivity index (χ1n) is 7.26. The van der Waals surface area contributed by atoms with Crippen molar-refractivity contribution in [3.05, 3.63) is 35.7 Å². The fourth-order valence-electron chi connectivity index (χ4n) is 2.12. The summed E-state index contributed by atoms with van der Waals surface area (Å²) in [6.45, 7) is 9.48. The molecule has 0 amide bonds. The van der Waals surface area contributed by atoms with Crippen molar-refractivity contribution in [1.82, 2.24) is 15.5 Å². The number of aromatic nitrogens is 2. The van der Waals surface area contributed by atoms with Crippen LogP contribution in [0.25, 0.3) is 11.4 Å². The van der Waals surface area contributed by atoms with Gasteiger partial charge >= 0.3 is 0 Å². The number of hydrogen-bond donors (Lipinski definition) is 1. The van der Waals surface area contributed by atoms with Crippen molar-refractivity contribution < 1.29 is 4.52 Å². The smallest absolute Gasteiger partial charge is 0.231 e. The number of nitrogens with zero attached hydrogens (tertiary/aromatic N) is 2. The molecule has 0 fully saturated rings. The Bertz CT molecular complexity index is 550.